The molecule has 0 spiro atoms. The Hall–Kier alpha value is -1.66. The molecule has 6 heteroatoms. The van der Waals surface area contributed by atoms with E-state index in [1.165, 1.54) is 0 Å². The van der Waals surface area contributed by atoms with Gasteiger partial charge in [0.25, 0.3) is 0 Å². The molecule has 0 saturated carbocycles. The van der Waals surface area contributed by atoms with E-state index in [1.54, 1.807) is 10.7 Å². The number of rotatable bonds is 5. The fourth-order valence-electron chi connectivity index (χ4n) is 2.25. The lowest BCUT2D eigenvalue weighted by Crippen LogP contribution is -2.37. The first-order valence-corrected chi connectivity index (χ1v) is 6.76. The monoisotopic (exact) mass is 261 g/mol. The van der Waals surface area contributed by atoms with Crippen molar-refractivity contribution in [1.29, 1.82) is 0 Å². The summed E-state index contributed by atoms with van der Waals surface area (Å²) in [5.41, 5.74) is 0.873. The minimum atomic E-state index is 0.868. The smallest absolute Gasteiger partial charge is 0.157 e. The lowest BCUT2D eigenvalue weighted by Gasteiger charge is -2.26. The van der Waals surface area contributed by atoms with E-state index in [1.807, 2.05) is 18.3 Å². The molecule has 2 aromatic rings. The first-order chi connectivity index (χ1) is 9.42. The van der Waals surface area contributed by atoms with Gasteiger partial charge in [-0.3, -0.25) is 4.90 Å². The molecule has 6 nitrogen and oxygen atoms in total. The molecule has 19 heavy (non-hydrogen) atoms. The van der Waals surface area contributed by atoms with Crippen molar-refractivity contribution in [3.63, 3.8) is 0 Å². The summed E-state index contributed by atoms with van der Waals surface area (Å²) in [7, 11) is 0. The second-order valence-electron chi connectivity index (χ2n) is 4.68. The Bertz CT molecular complexity index is 520. The average Bonchev–Trinajstić information content (AvgIpc) is 2.92. The summed E-state index contributed by atoms with van der Waals surface area (Å²) in [6.07, 6.45) is 4.79. The molecule has 0 radical (unpaired) electrons. The minimum Gasteiger partial charge on any atom is -0.379 e. The lowest BCUT2D eigenvalue weighted by atomic mass is 10.3. The highest BCUT2D eigenvalue weighted by atomic mass is 16.5. The zero-order valence-corrected chi connectivity index (χ0v) is 11.0. The predicted molar refractivity (Wildman–Crippen MR) is 73.4 cm³/mol. The number of hydrogen-bond donors (Lipinski definition) is 1. The van der Waals surface area contributed by atoms with Crippen LogP contribution >= 0.6 is 0 Å². The molecule has 1 N–H and O–H groups in total. The maximum atomic E-state index is 5.33. The van der Waals surface area contributed by atoms with Gasteiger partial charge in [0.2, 0.25) is 0 Å². The maximum Gasteiger partial charge on any atom is 0.157 e. The summed E-state index contributed by atoms with van der Waals surface area (Å²) in [5.74, 6) is 0.912. The molecule has 0 amide bonds. The highest BCUT2D eigenvalue weighted by Gasteiger charge is 2.09. The van der Waals surface area contributed by atoms with Gasteiger partial charge in [-0.05, 0) is 19.0 Å². The molecule has 0 aliphatic carbocycles. The SMILES string of the molecule is c1cc2nc(NCCCN3CCOCC3)ccn2n1. The van der Waals surface area contributed by atoms with Crippen LogP contribution in [0.15, 0.2) is 24.5 Å². The topological polar surface area (TPSA) is 54.7 Å². The van der Waals surface area contributed by atoms with Crippen LogP contribution in [-0.4, -0.2) is 58.9 Å². The van der Waals surface area contributed by atoms with Crippen molar-refractivity contribution in [2.24, 2.45) is 0 Å². The number of nitrogens with zero attached hydrogens (tertiary/aromatic N) is 4. The summed E-state index contributed by atoms with van der Waals surface area (Å²) in [4.78, 5) is 6.92. The van der Waals surface area contributed by atoms with Gasteiger partial charge in [0, 0.05) is 31.9 Å². The molecule has 3 heterocycles. The zero-order chi connectivity index (χ0) is 12.9. The summed E-state index contributed by atoms with van der Waals surface area (Å²) in [6, 6.07) is 3.85. The van der Waals surface area contributed by atoms with Gasteiger partial charge in [0.05, 0.1) is 19.4 Å². The van der Waals surface area contributed by atoms with Crippen molar-refractivity contribution < 1.29 is 4.74 Å². The third-order valence-corrected chi connectivity index (χ3v) is 3.32. The first-order valence-electron chi connectivity index (χ1n) is 6.76. The molecule has 0 atom stereocenters. The van der Waals surface area contributed by atoms with Gasteiger partial charge >= 0.3 is 0 Å². The van der Waals surface area contributed by atoms with Crippen molar-refractivity contribution in [2.45, 2.75) is 6.42 Å². The van der Waals surface area contributed by atoms with Crippen molar-refractivity contribution in [3.8, 4) is 0 Å². The number of morpholine rings is 1. The quantitative estimate of drug-likeness (QED) is 0.809. The van der Waals surface area contributed by atoms with Crippen molar-refractivity contribution in [3.05, 3.63) is 24.5 Å². The molecular weight excluding hydrogens is 242 g/mol. The van der Waals surface area contributed by atoms with Gasteiger partial charge in [-0.25, -0.2) is 9.50 Å². The second-order valence-corrected chi connectivity index (χ2v) is 4.68. The van der Waals surface area contributed by atoms with Crippen molar-refractivity contribution in [2.75, 3.05) is 44.7 Å². The van der Waals surface area contributed by atoms with Gasteiger partial charge in [-0.15, -0.1) is 0 Å². The van der Waals surface area contributed by atoms with Crippen LogP contribution in [0.2, 0.25) is 0 Å². The van der Waals surface area contributed by atoms with Crippen molar-refractivity contribution in [1.82, 2.24) is 19.5 Å². The summed E-state index contributed by atoms with van der Waals surface area (Å²) >= 11 is 0. The largest absolute Gasteiger partial charge is 0.379 e. The van der Waals surface area contributed by atoms with E-state index in [4.69, 9.17) is 4.74 Å². The number of ether oxygens (including phenoxy) is 1. The Morgan fingerprint density at radius 3 is 3.05 bits per heavy atom. The molecule has 0 aromatic carbocycles. The molecule has 3 rings (SSSR count). The van der Waals surface area contributed by atoms with Crippen LogP contribution in [0.3, 0.4) is 0 Å². The van der Waals surface area contributed by atoms with E-state index in [2.05, 4.69) is 20.3 Å². The summed E-state index contributed by atoms with van der Waals surface area (Å²) in [6.45, 7) is 5.90. The number of hydrogen-bond acceptors (Lipinski definition) is 5. The Kier molecular flexibility index (Phi) is 3.90. The average molecular weight is 261 g/mol. The first kappa shape index (κ1) is 12.4. The fourth-order valence-corrected chi connectivity index (χ4v) is 2.25. The third-order valence-electron chi connectivity index (χ3n) is 3.32. The Balaban J connectivity index is 1.43. The Morgan fingerprint density at radius 2 is 2.16 bits per heavy atom. The highest BCUT2D eigenvalue weighted by Crippen LogP contribution is 2.06. The van der Waals surface area contributed by atoms with E-state index in [9.17, 15) is 0 Å². The standard InChI is InChI=1S/C13H19N5O/c1(6-17-8-10-19-11-9-17)4-14-12-3-7-18-13(16-12)2-5-15-18/h2-3,5,7H,1,4,6,8-11H2,(H,14,16). The normalized spacial score (nSPS) is 16.8. The number of aromatic nitrogens is 3. The molecule has 102 valence electrons. The molecule has 0 bridgehead atoms. The number of nitrogens with one attached hydrogen (secondary N) is 1. The molecule has 2 aromatic heterocycles. The van der Waals surface area contributed by atoms with Gasteiger partial charge in [0.15, 0.2) is 5.65 Å². The predicted octanol–water partition coefficient (Wildman–Crippen LogP) is 0.863. The third kappa shape index (κ3) is 3.21. The van der Waals surface area contributed by atoms with Crippen LogP contribution in [-0.2, 0) is 4.74 Å². The van der Waals surface area contributed by atoms with Crippen molar-refractivity contribution >= 4 is 11.5 Å². The zero-order valence-electron chi connectivity index (χ0n) is 11.0. The highest BCUT2D eigenvalue weighted by molar-refractivity contribution is 5.45. The summed E-state index contributed by atoms with van der Waals surface area (Å²) in [5, 5.41) is 7.48. The van der Waals surface area contributed by atoms with E-state index in [0.29, 0.717) is 0 Å². The van der Waals surface area contributed by atoms with Crippen LogP contribution in [0.25, 0.3) is 5.65 Å². The van der Waals surface area contributed by atoms with E-state index >= 15 is 0 Å². The maximum absolute atomic E-state index is 5.33. The number of fused-ring (bicyclic) bond motifs is 1. The van der Waals surface area contributed by atoms with E-state index < -0.39 is 0 Å². The van der Waals surface area contributed by atoms with Crippen LogP contribution in [0.1, 0.15) is 6.42 Å². The number of anilines is 1. The van der Waals surface area contributed by atoms with E-state index in [0.717, 1.165) is 57.3 Å². The van der Waals surface area contributed by atoms with Gasteiger partial charge < -0.3 is 10.1 Å². The lowest BCUT2D eigenvalue weighted by molar-refractivity contribution is 0.0378. The Labute approximate surface area is 112 Å². The van der Waals surface area contributed by atoms with Gasteiger partial charge in [-0.2, -0.15) is 5.10 Å². The summed E-state index contributed by atoms with van der Waals surface area (Å²) < 4.78 is 7.10. The Morgan fingerprint density at radius 1 is 1.26 bits per heavy atom. The molecule has 1 aliphatic heterocycles. The van der Waals surface area contributed by atoms with Crippen LogP contribution in [0.5, 0.6) is 0 Å². The van der Waals surface area contributed by atoms with Gasteiger partial charge in [0.1, 0.15) is 5.82 Å². The fraction of sp³-hybridized carbons (Fsp3) is 0.538. The minimum absolute atomic E-state index is 0.868. The van der Waals surface area contributed by atoms with E-state index in [-0.39, 0.29) is 0 Å². The second kappa shape index (κ2) is 5.99. The van der Waals surface area contributed by atoms with Crippen LogP contribution in [0.4, 0.5) is 5.82 Å². The molecule has 1 saturated heterocycles. The molecular formula is C13H19N5O. The molecule has 1 fully saturated rings. The molecule has 1 aliphatic rings. The van der Waals surface area contributed by atoms with Gasteiger partial charge in [-0.1, -0.05) is 0 Å². The molecule has 0 unspecified atom stereocenters. The van der Waals surface area contributed by atoms with Crippen LogP contribution in [0, 0.1) is 0 Å². The van der Waals surface area contributed by atoms with Crippen LogP contribution < -0.4 is 5.32 Å².